The Morgan fingerprint density at radius 1 is 1.08 bits per heavy atom. The minimum Gasteiger partial charge on any atom is -0.293 e. The molecule has 120 valence electrons. The Hall–Kier alpha value is -2.70. The van der Waals surface area contributed by atoms with E-state index >= 15 is 0 Å². The standard InChI is InChI=1S/C21H21N3/c1-3-24(16(2)18-11-9-17(14-22)10-12-18)15-20-7-4-6-19-8-5-13-23-21(19)20/h4-13,16H,3,15H2,1-2H3/t16-/m0/s1. The Balaban J connectivity index is 1.86. The number of hydrogen-bond acceptors (Lipinski definition) is 3. The van der Waals surface area contributed by atoms with Gasteiger partial charge in [-0.3, -0.25) is 9.88 Å². The van der Waals surface area contributed by atoms with Crippen LogP contribution in [-0.4, -0.2) is 16.4 Å². The molecule has 0 unspecified atom stereocenters. The van der Waals surface area contributed by atoms with Crippen molar-refractivity contribution >= 4 is 10.9 Å². The van der Waals surface area contributed by atoms with Gasteiger partial charge in [0, 0.05) is 24.2 Å². The summed E-state index contributed by atoms with van der Waals surface area (Å²) in [6, 6.07) is 20.8. The number of pyridine rings is 1. The summed E-state index contributed by atoms with van der Waals surface area (Å²) in [5.41, 5.74) is 4.25. The molecule has 0 aliphatic carbocycles. The van der Waals surface area contributed by atoms with Crippen LogP contribution in [0.1, 0.15) is 36.6 Å². The molecule has 1 aromatic heterocycles. The van der Waals surface area contributed by atoms with Gasteiger partial charge in [-0.15, -0.1) is 0 Å². The first-order chi connectivity index (χ1) is 11.7. The highest BCUT2D eigenvalue weighted by atomic mass is 15.1. The van der Waals surface area contributed by atoms with E-state index in [4.69, 9.17) is 5.26 Å². The summed E-state index contributed by atoms with van der Waals surface area (Å²) in [5.74, 6) is 0. The van der Waals surface area contributed by atoms with Crippen LogP contribution in [0.3, 0.4) is 0 Å². The van der Waals surface area contributed by atoms with E-state index in [0.717, 1.165) is 18.6 Å². The average molecular weight is 315 g/mol. The summed E-state index contributed by atoms with van der Waals surface area (Å²) in [6.45, 7) is 6.19. The predicted octanol–water partition coefficient (Wildman–Crippen LogP) is 4.69. The van der Waals surface area contributed by atoms with Gasteiger partial charge < -0.3 is 0 Å². The average Bonchev–Trinajstić information content (AvgIpc) is 2.65. The van der Waals surface area contributed by atoms with Crippen molar-refractivity contribution < 1.29 is 0 Å². The van der Waals surface area contributed by atoms with E-state index in [1.54, 1.807) is 0 Å². The Labute approximate surface area is 143 Å². The molecule has 0 spiro atoms. The molecule has 1 atom stereocenters. The lowest BCUT2D eigenvalue weighted by atomic mass is 10.0. The third-order valence-corrected chi connectivity index (χ3v) is 4.57. The molecule has 0 saturated heterocycles. The molecule has 0 bridgehead atoms. The zero-order chi connectivity index (χ0) is 16.9. The van der Waals surface area contributed by atoms with Crippen molar-refractivity contribution in [2.24, 2.45) is 0 Å². The fourth-order valence-electron chi connectivity index (χ4n) is 3.08. The molecule has 3 heteroatoms. The molecule has 0 fully saturated rings. The molecule has 24 heavy (non-hydrogen) atoms. The summed E-state index contributed by atoms with van der Waals surface area (Å²) in [7, 11) is 0. The zero-order valence-corrected chi connectivity index (χ0v) is 14.1. The van der Waals surface area contributed by atoms with Crippen LogP contribution in [0.5, 0.6) is 0 Å². The Kier molecular flexibility index (Phi) is 4.88. The Morgan fingerprint density at radius 2 is 1.83 bits per heavy atom. The molecular formula is C21H21N3. The van der Waals surface area contributed by atoms with Gasteiger partial charge in [0.15, 0.2) is 0 Å². The van der Waals surface area contributed by atoms with Gasteiger partial charge in [-0.2, -0.15) is 5.26 Å². The third-order valence-electron chi connectivity index (χ3n) is 4.57. The van der Waals surface area contributed by atoms with Crippen molar-refractivity contribution in [1.82, 2.24) is 9.88 Å². The highest BCUT2D eigenvalue weighted by Crippen LogP contribution is 2.25. The molecular weight excluding hydrogens is 294 g/mol. The van der Waals surface area contributed by atoms with Crippen LogP contribution in [0.4, 0.5) is 0 Å². The lowest BCUT2D eigenvalue weighted by Crippen LogP contribution is -2.26. The van der Waals surface area contributed by atoms with Gasteiger partial charge in [0.2, 0.25) is 0 Å². The maximum absolute atomic E-state index is 8.95. The van der Waals surface area contributed by atoms with E-state index in [-0.39, 0.29) is 6.04 Å². The molecule has 0 N–H and O–H groups in total. The first-order valence-electron chi connectivity index (χ1n) is 8.29. The summed E-state index contributed by atoms with van der Waals surface area (Å²) in [5, 5.41) is 10.1. The van der Waals surface area contributed by atoms with Crippen LogP contribution in [0, 0.1) is 11.3 Å². The van der Waals surface area contributed by atoms with Gasteiger partial charge in [-0.1, -0.05) is 43.3 Å². The molecule has 2 aromatic carbocycles. The fourth-order valence-corrected chi connectivity index (χ4v) is 3.08. The number of benzene rings is 2. The fraction of sp³-hybridized carbons (Fsp3) is 0.238. The number of para-hydroxylation sites is 1. The zero-order valence-electron chi connectivity index (χ0n) is 14.1. The summed E-state index contributed by atoms with van der Waals surface area (Å²) in [6.07, 6.45) is 1.85. The van der Waals surface area contributed by atoms with Crippen molar-refractivity contribution in [2.45, 2.75) is 26.4 Å². The number of hydrogen-bond donors (Lipinski definition) is 0. The van der Waals surface area contributed by atoms with E-state index in [1.165, 1.54) is 16.5 Å². The van der Waals surface area contributed by atoms with Crippen LogP contribution in [-0.2, 0) is 6.54 Å². The third kappa shape index (κ3) is 3.29. The number of fused-ring (bicyclic) bond motifs is 1. The number of rotatable bonds is 5. The van der Waals surface area contributed by atoms with Gasteiger partial charge >= 0.3 is 0 Å². The largest absolute Gasteiger partial charge is 0.293 e. The van der Waals surface area contributed by atoms with Gasteiger partial charge in [0.25, 0.3) is 0 Å². The van der Waals surface area contributed by atoms with Crippen LogP contribution in [0.25, 0.3) is 10.9 Å². The first-order valence-corrected chi connectivity index (χ1v) is 8.29. The summed E-state index contributed by atoms with van der Waals surface area (Å²) >= 11 is 0. The molecule has 0 aliphatic rings. The number of nitriles is 1. The maximum atomic E-state index is 8.95. The molecule has 3 rings (SSSR count). The second kappa shape index (κ2) is 7.25. The maximum Gasteiger partial charge on any atom is 0.0991 e. The van der Waals surface area contributed by atoms with E-state index in [2.05, 4.69) is 54.1 Å². The molecule has 3 aromatic rings. The molecule has 0 saturated carbocycles. The molecule has 0 radical (unpaired) electrons. The second-order valence-electron chi connectivity index (χ2n) is 5.97. The number of nitrogens with zero attached hydrogens (tertiary/aromatic N) is 3. The van der Waals surface area contributed by atoms with Crippen LogP contribution < -0.4 is 0 Å². The first kappa shape index (κ1) is 16.2. The van der Waals surface area contributed by atoms with Crippen LogP contribution >= 0.6 is 0 Å². The number of aromatic nitrogens is 1. The lowest BCUT2D eigenvalue weighted by molar-refractivity contribution is 0.213. The van der Waals surface area contributed by atoms with Gasteiger partial charge in [0.1, 0.15) is 0 Å². The minimum atomic E-state index is 0.279. The Morgan fingerprint density at radius 3 is 2.54 bits per heavy atom. The normalized spacial score (nSPS) is 12.2. The van der Waals surface area contributed by atoms with E-state index in [1.807, 2.05) is 36.5 Å². The van der Waals surface area contributed by atoms with Crippen LogP contribution in [0.15, 0.2) is 60.8 Å². The Bertz CT molecular complexity index is 857. The summed E-state index contributed by atoms with van der Waals surface area (Å²) < 4.78 is 0. The lowest BCUT2D eigenvalue weighted by Gasteiger charge is -2.28. The van der Waals surface area contributed by atoms with Crippen molar-refractivity contribution in [1.29, 1.82) is 5.26 Å². The van der Waals surface area contributed by atoms with Gasteiger partial charge in [0.05, 0.1) is 17.1 Å². The molecule has 3 nitrogen and oxygen atoms in total. The monoisotopic (exact) mass is 315 g/mol. The highest BCUT2D eigenvalue weighted by molar-refractivity contribution is 5.81. The van der Waals surface area contributed by atoms with Crippen molar-refractivity contribution in [3.05, 3.63) is 77.5 Å². The van der Waals surface area contributed by atoms with Crippen LogP contribution in [0.2, 0.25) is 0 Å². The smallest absolute Gasteiger partial charge is 0.0991 e. The predicted molar refractivity (Wildman–Crippen MR) is 97.4 cm³/mol. The topological polar surface area (TPSA) is 39.9 Å². The molecule has 0 aliphatic heterocycles. The highest BCUT2D eigenvalue weighted by Gasteiger charge is 2.16. The van der Waals surface area contributed by atoms with Crippen molar-refractivity contribution in [2.75, 3.05) is 6.54 Å². The quantitative estimate of drug-likeness (QED) is 0.686. The SMILES string of the molecule is CCN(Cc1cccc2cccnc12)[C@@H](C)c1ccc(C#N)cc1. The van der Waals surface area contributed by atoms with Gasteiger partial charge in [-0.05, 0) is 42.8 Å². The second-order valence-corrected chi connectivity index (χ2v) is 5.97. The molecule has 1 heterocycles. The van der Waals surface area contributed by atoms with Gasteiger partial charge in [-0.25, -0.2) is 0 Å². The van der Waals surface area contributed by atoms with E-state index < -0.39 is 0 Å². The van der Waals surface area contributed by atoms with E-state index in [0.29, 0.717) is 5.56 Å². The summed E-state index contributed by atoms with van der Waals surface area (Å²) in [4.78, 5) is 6.98. The minimum absolute atomic E-state index is 0.279. The van der Waals surface area contributed by atoms with Crippen molar-refractivity contribution in [3.8, 4) is 6.07 Å². The molecule has 0 amide bonds. The van der Waals surface area contributed by atoms with Crippen molar-refractivity contribution in [3.63, 3.8) is 0 Å². The van der Waals surface area contributed by atoms with E-state index in [9.17, 15) is 0 Å².